The first-order valence-electron chi connectivity index (χ1n) is 11.2. The third-order valence-electron chi connectivity index (χ3n) is 5.75. The average Bonchev–Trinajstić information content (AvgIpc) is 3.16. The second-order valence-electron chi connectivity index (χ2n) is 10.4. The van der Waals surface area contributed by atoms with Gasteiger partial charge in [-0.05, 0) is 51.8 Å². The van der Waals surface area contributed by atoms with Crippen LogP contribution in [-0.4, -0.2) is 49.0 Å². The predicted octanol–water partition coefficient (Wildman–Crippen LogP) is 2.87. The van der Waals surface area contributed by atoms with Crippen LogP contribution in [-0.2, 0) is 16.5 Å². The molecule has 2 aromatic heterocycles. The van der Waals surface area contributed by atoms with Gasteiger partial charge in [0, 0.05) is 18.7 Å². The fraction of sp³-hybridized carbons (Fsp3) is 0.440. The lowest BCUT2D eigenvalue weighted by Gasteiger charge is -2.44. The third-order valence-corrected chi connectivity index (χ3v) is 7.43. The Morgan fingerprint density at radius 2 is 1.94 bits per heavy atom. The minimum Gasteiger partial charge on any atom is -0.489 e. The van der Waals surface area contributed by atoms with Crippen LogP contribution < -0.4 is 14.8 Å². The molecule has 0 saturated carbocycles. The first kappa shape index (κ1) is 24.4. The lowest BCUT2D eigenvalue weighted by molar-refractivity contribution is 0.0283. The fourth-order valence-corrected chi connectivity index (χ4v) is 4.67. The minimum atomic E-state index is -1.20. The second kappa shape index (κ2) is 8.78. The van der Waals surface area contributed by atoms with E-state index >= 15 is 0 Å². The van der Waals surface area contributed by atoms with Crippen molar-refractivity contribution in [2.24, 2.45) is 0 Å². The summed E-state index contributed by atoms with van der Waals surface area (Å²) in [7, 11) is -1.20. The number of nitriles is 1. The number of benzene rings is 1. The smallest absolute Gasteiger partial charge is 0.138 e. The first-order valence-corrected chi connectivity index (χ1v) is 12.3. The van der Waals surface area contributed by atoms with E-state index in [0.29, 0.717) is 29.9 Å². The Hall–Kier alpha value is -2.77. The van der Waals surface area contributed by atoms with Crippen LogP contribution >= 0.6 is 0 Å². The summed E-state index contributed by atoms with van der Waals surface area (Å²) in [5, 5.41) is 27.3. The molecule has 1 aromatic carbocycles. The summed E-state index contributed by atoms with van der Waals surface area (Å²) in [6.07, 6.45) is 3.24. The van der Waals surface area contributed by atoms with E-state index in [2.05, 4.69) is 21.2 Å². The largest absolute Gasteiger partial charge is 0.489 e. The van der Waals surface area contributed by atoms with Gasteiger partial charge in [-0.25, -0.2) is 13.4 Å². The van der Waals surface area contributed by atoms with Gasteiger partial charge >= 0.3 is 0 Å². The SMILES string of the molecule is CC(C)(O)COc1cc(-c2ccc(C3(NS(=O)C(C)(C)C)CNC3)cc2)c2c(C#N)cnn2c1. The molecule has 1 saturated heterocycles. The average molecular weight is 482 g/mol. The monoisotopic (exact) mass is 481 g/mol. The van der Waals surface area contributed by atoms with E-state index in [1.807, 2.05) is 51.1 Å². The number of aliphatic hydroxyl groups is 1. The third kappa shape index (κ3) is 4.86. The van der Waals surface area contributed by atoms with Gasteiger partial charge in [-0.3, -0.25) is 0 Å². The van der Waals surface area contributed by atoms with Gasteiger partial charge in [-0.15, -0.1) is 0 Å². The number of aromatic nitrogens is 2. The molecule has 3 N–H and O–H groups in total. The fourth-order valence-electron chi connectivity index (χ4n) is 3.75. The maximum Gasteiger partial charge on any atom is 0.138 e. The Kier molecular flexibility index (Phi) is 6.29. The van der Waals surface area contributed by atoms with Crippen molar-refractivity contribution in [3.8, 4) is 22.9 Å². The molecule has 3 aromatic rings. The van der Waals surface area contributed by atoms with Gasteiger partial charge in [0.1, 0.15) is 18.4 Å². The Morgan fingerprint density at radius 3 is 2.47 bits per heavy atom. The number of fused-ring (bicyclic) bond motifs is 1. The van der Waals surface area contributed by atoms with Crippen LogP contribution in [0.4, 0.5) is 0 Å². The quantitative estimate of drug-likeness (QED) is 0.479. The van der Waals surface area contributed by atoms with E-state index in [4.69, 9.17) is 4.74 Å². The molecule has 9 heteroatoms. The topological polar surface area (TPSA) is 112 Å². The van der Waals surface area contributed by atoms with Gasteiger partial charge in [0.2, 0.25) is 0 Å². The molecule has 1 aliphatic heterocycles. The number of hydrogen-bond donors (Lipinski definition) is 3. The van der Waals surface area contributed by atoms with Crippen molar-refractivity contribution in [1.29, 1.82) is 5.26 Å². The zero-order chi connectivity index (χ0) is 24.7. The number of ether oxygens (including phenoxy) is 1. The maximum atomic E-state index is 12.8. The number of hydrogen-bond acceptors (Lipinski definition) is 6. The molecule has 1 aliphatic rings. The molecular weight excluding hydrogens is 450 g/mol. The lowest BCUT2D eigenvalue weighted by atomic mass is 9.84. The van der Waals surface area contributed by atoms with Gasteiger partial charge in [-0.1, -0.05) is 24.3 Å². The van der Waals surface area contributed by atoms with Crippen molar-refractivity contribution < 1.29 is 14.1 Å². The highest BCUT2D eigenvalue weighted by Crippen LogP contribution is 2.34. The molecule has 34 heavy (non-hydrogen) atoms. The molecule has 1 atom stereocenters. The molecule has 0 amide bonds. The van der Waals surface area contributed by atoms with Gasteiger partial charge in [-0.2, -0.15) is 10.4 Å². The minimum absolute atomic E-state index is 0.120. The standard InChI is InChI=1S/C25H31N5O3S/c1-23(2,3)34(32)29-25(14-27-15-25)19-8-6-17(7-9-19)21-10-20(33-16-24(4,5)31)13-30-22(21)18(11-26)12-28-30/h6-10,12-13,27,29,31H,14-16H2,1-5H3. The summed E-state index contributed by atoms with van der Waals surface area (Å²) in [4.78, 5) is 0. The number of pyridine rings is 1. The Labute approximate surface area is 202 Å². The molecule has 8 nitrogen and oxygen atoms in total. The summed E-state index contributed by atoms with van der Waals surface area (Å²) in [5.74, 6) is 0.545. The molecular formula is C25H31N5O3S. The van der Waals surface area contributed by atoms with E-state index in [9.17, 15) is 14.6 Å². The Morgan fingerprint density at radius 1 is 1.26 bits per heavy atom. The van der Waals surface area contributed by atoms with E-state index in [-0.39, 0.29) is 11.4 Å². The molecule has 4 rings (SSSR count). The summed E-state index contributed by atoms with van der Waals surface area (Å²) in [5.41, 5.74) is 2.54. The van der Waals surface area contributed by atoms with Crippen LogP contribution in [0.5, 0.6) is 5.75 Å². The predicted molar refractivity (Wildman–Crippen MR) is 133 cm³/mol. The summed E-state index contributed by atoms with van der Waals surface area (Å²) < 4.78 is 23.2. The summed E-state index contributed by atoms with van der Waals surface area (Å²) in [6, 6.07) is 12.1. The first-order chi connectivity index (χ1) is 15.9. The van der Waals surface area contributed by atoms with Crippen molar-refractivity contribution in [2.75, 3.05) is 19.7 Å². The Bertz CT molecular complexity index is 1260. The zero-order valence-corrected chi connectivity index (χ0v) is 21.0. The van der Waals surface area contributed by atoms with Gasteiger partial charge in [0.15, 0.2) is 0 Å². The summed E-state index contributed by atoms with van der Waals surface area (Å²) >= 11 is 0. The second-order valence-corrected chi connectivity index (χ2v) is 12.4. The lowest BCUT2D eigenvalue weighted by Crippen LogP contribution is -2.66. The van der Waals surface area contributed by atoms with Crippen LogP contribution in [0, 0.1) is 11.3 Å². The number of nitrogens with one attached hydrogen (secondary N) is 2. The highest BCUT2D eigenvalue weighted by Gasteiger charge is 2.41. The molecule has 0 radical (unpaired) electrons. The van der Waals surface area contributed by atoms with Crippen molar-refractivity contribution >= 4 is 16.5 Å². The van der Waals surface area contributed by atoms with Gasteiger partial charge in [0.05, 0.1) is 50.3 Å². The number of nitrogens with zero attached hydrogens (tertiary/aromatic N) is 3. The maximum absolute atomic E-state index is 12.8. The van der Waals surface area contributed by atoms with Crippen LogP contribution in [0.15, 0.2) is 42.7 Å². The van der Waals surface area contributed by atoms with Crippen molar-refractivity contribution in [3.63, 3.8) is 0 Å². The van der Waals surface area contributed by atoms with Gasteiger partial charge in [0.25, 0.3) is 0 Å². The highest BCUT2D eigenvalue weighted by molar-refractivity contribution is 7.84. The van der Waals surface area contributed by atoms with Crippen molar-refractivity contribution in [3.05, 3.63) is 53.9 Å². The summed E-state index contributed by atoms with van der Waals surface area (Å²) in [6.45, 7) is 10.7. The molecule has 0 aliphatic carbocycles. The zero-order valence-electron chi connectivity index (χ0n) is 20.2. The molecule has 3 heterocycles. The van der Waals surface area contributed by atoms with Crippen LogP contribution in [0.3, 0.4) is 0 Å². The number of rotatable bonds is 7. The van der Waals surface area contributed by atoms with Crippen LogP contribution in [0.25, 0.3) is 16.6 Å². The van der Waals surface area contributed by atoms with Crippen molar-refractivity contribution in [2.45, 2.75) is 50.5 Å². The van der Waals surface area contributed by atoms with Crippen molar-refractivity contribution in [1.82, 2.24) is 19.7 Å². The van der Waals surface area contributed by atoms with Crippen LogP contribution in [0.1, 0.15) is 45.7 Å². The molecule has 0 spiro atoms. The molecule has 1 fully saturated rings. The van der Waals surface area contributed by atoms with Crippen LogP contribution in [0.2, 0.25) is 0 Å². The molecule has 1 unspecified atom stereocenters. The van der Waals surface area contributed by atoms with Gasteiger partial charge < -0.3 is 15.2 Å². The van der Waals surface area contributed by atoms with E-state index < -0.39 is 22.1 Å². The normalized spacial score (nSPS) is 16.6. The molecule has 0 bridgehead atoms. The van der Waals surface area contributed by atoms with E-state index in [0.717, 1.165) is 16.7 Å². The highest BCUT2D eigenvalue weighted by atomic mass is 32.2. The Balaban J connectivity index is 1.71. The molecule has 180 valence electrons. The van der Waals surface area contributed by atoms with E-state index in [1.165, 1.54) is 6.20 Å². The van der Waals surface area contributed by atoms with E-state index in [1.54, 1.807) is 24.6 Å².